The van der Waals surface area contributed by atoms with Gasteiger partial charge >= 0.3 is 5.97 Å². The van der Waals surface area contributed by atoms with Gasteiger partial charge in [0, 0.05) is 30.9 Å². The number of carboxylic acid groups (broad SMARTS) is 1. The highest BCUT2D eigenvalue weighted by Gasteiger charge is 2.13. The van der Waals surface area contributed by atoms with Gasteiger partial charge in [0.05, 0.1) is 0 Å². The van der Waals surface area contributed by atoms with E-state index < -0.39 is 5.97 Å². The van der Waals surface area contributed by atoms with Crippen molar-refractivity contribution >= 4 is 17.9 Å². The van der Waals surface area contributed by atoms with Crippen LogP contribution in [-0.4, -0.2) is 29.1 Å². The first-order chi connectivity index (χ1) is 8.66. The number of pyridine rings is 1. The molecule has 0 aliphatic carbocycles. The van der Waals surface area contributed by atoms with Gasteiger partial charge in [-0.1, -0.05) is 11.6 Å². The van der Waals surface area contributed by atoms with E-state index in [4.69, 9.17) is 5.11 Å². The third kappa shape index (κ3) is 2.97. The number of carboxylic acids is 1. The van der Waals surface area contributed by atoms with E-state index in [-0.39, 0.29) is 0 Å². The van der Waals surface area contributed by atoms with Crippen LogP contribution < -0.4 is 4.90 Å². The molecule has 0 atom stereocenters. The quantitative estimate of drug-likeness (QED) is 0.655. The third-order valence-corrected chi connectivity index (χ3v) is 2.96. The average molecular weight is 244 g/mol. The number of hydrogen-bond acceptors (Lipinski definition) is 3. The molecule has 0 radical (unpaired) electrons. The molecule has 0 fully saturated rings. The van der Waals surface area contributed by atoms with Crippen LogP contribution in [0.2, 0.25) is 0 Å². The van der Waals surface area contributed by atoms with E-state index in [1.165, 1.54) is 5.57 Å². The normalized spacial score (nSPS) is 15.8. The molecule has 4 nitrogen and oxygen atoms in total. The molecule has 0 unspecified atom stereocenters. The zero-order valence-electron chi connectivity index (χ0n) is 10.3. The Morgan fingerprint density at radius 2 is 2.39 bits per heavy atom. The molecule has 0 saturated carbocycles. The highest BCUT2D eigenvalue weighted by Crippen LogP contribution is 2.22. The Morgan fingerprint density at radius 1 is 1.56 bits per heavy atom. The number of rotatable bonds is 3. The summed E-state index contributed by atoms with van der Waals surface area (Å²) in [6, 6.07) is 3.70. The van der Waals surface area contributed by atoms with E-state index >= 15 is 0 Å². The zero-order valence-corrected chi connectivity index (χ0v) is 10.3. The number of hydrogen-bond donors (Lipinski definition) is 1. The molecule has 1 N–H and O–H groups in total. The molecule has 1 aromatic rings. The molecule has 2 heterocycles. The number of anilines is 1. The highest BCUT2D eigenvalue weighted by molar-refractivity contribution is 5.86. The van der Waals surface area contributed by atoms with Crippen molar-refractivity contribution in [2.24, 2.45) is 0 Å². The van der Waals surface area contributed by atoms with E-state index in [1.807, 2.05) is 12.1 Å². The van der Waals surface area contributed by atoms with Crippen molar-refractivity contribution in [1.82, 2.24) is 4.98 Å². The van der Waals surface area contributed by atoms with Gasteiger partial charge in [-0.05, 0) is 31.6 Å². The van der Waals surface area contributed by atoms with Gasteiger partial charge in [0.1, 0.15) is 5.82 Å². The predicted octanol–water partition coefficient (Wildman–Crippen LogP) is 2.34. The summed E-state index contributed by atoms with van der Waals surface area (Å²) in [7, 11) is 0. The second kappa shape index (κ2) is 5.49. The number of nitrogens with zero attached hydrogens (tertiary/aromatic N) is 2. The van der Waals surface area contributed by atoms with Gasteiger partial charge in [0.2, 0.25) is 0 Å². The number of carbonyl (C=O) groups is 1. The summed E-state index contributed by atoms with van der Waals surface area (Å²) in [6.45, 7) is 3.88. The fourth-order valence-corrected chi connectivity index (χ4v) is 1.93. The average Bonchev–Trinajstić information content (AvgIpc) is 2.38. The second-order valence-corrected chi connectivity index (χ2v) is 4.33. The van der Waals surface area contributed by atoms with Crippen LogP contribution in [0.15, 0.2) is 36.1 Å². The SMILES string of the molecule is CC1=CCN(c2ncccc2/C=C/C(=O)O)CC1. The number of aliphatic carboxylic acids is 1. The molecule has 0 amide bonds. The maximum absolute atomic E-state index is 10.6. The molecular formula is C14H16N2O2. The fourth-order valence-electron chi connectivity index (χ4n) is 1.93. The molecule has 18 heavy (non-hydrogen) atoms. The molecule has 4 heteroatoms. The first-order valence-electron chi connectivity index (χ1n) is 5.93. The van der Waals surface area contributed by atoms with Gasteiger partial charge < -0.3 is 10.0 Å². The summed E-state index contributed by atoms with van der Waals surface area (Å²) in [4.78, 5) is 17.1. The van der Waals surface area contributed by atoms with Crippen LogP contribution in [0.25, 0.3) is 6.08 Å². The van der Waals surface area contributed by atoms with Crippen LogP contribution in [0.5, 0.6) is 0 Å². The van der Waals surface area contributed by atoms with Crippen molar-refractivity contribution in [2.45, 2.75) is 13.3 Å². The van der Waals surface area contributed by atoms with E-state index in [0.29, 0.717) is 0 Å². The standard InChI is InChI=1S/C14H16N2O2/c1-11-6-9-16(10-7-11)14-12(3-2-8-15-14)4-5-13(17)18/h2-6,8H,7,9-10H2,1H3,(H,17,18)/b5-4+. The summed E-state index contributed by atoms with van der Waals surface area (Å²) in [5, 5.41) is 8.68. The summed E-state index contributed by atoms with van der Waals surface area (Å²) in [5.41, 5.74) is 2.23. The van der Waals surface area contributed by atoms with Crippen molar-refractivity contribution in [3.8, 4) is 0 Å². The van der Waals surface area contributed by atoms with Crippen molar-refractivity contribution in [2.75, 3.05) is 18.0 Å². The van der Waals surface area contributed by atoms with E-state index in [9.17, 15) is 4.79 Å². The minimum Gasteiger partial charge on any atom is -0.478 e. The van der Waals surface area contributed by atoms with Gasteiger partial charge in [-0.2, -0.15) is 0 Å². The minimum absolute atomic E-state index is 0.830. The Labute approximate surface area is 106 Å². The lowest BCUT2D eigenvalue weighted by molar-refractivity contribution is -0.131. The van der Waals surface area contributed by atoms with E-state index in [0.717, 1.165) is 37.0 Å². The Kier molecular flexibility index (Phi) is 3.77. The van der Waals surface area contributed by atoms with Crippen LogP contribution in [0, 0.1) is 0 Å². The molecule has 0 saturated heterocycles. The summed E-state index contributed by atoms with van der Waals surface area (Å²) < 4.78 is 0. The summed E-state index contributed by atoms with van der Waals surface area (Å²) >= 11 is 0. The Balaban J connectivity index is 2.25. The largest absolute Gasteiger partial charge is 0.478 e. The fraction of sp³-hybridized carbons (Fsp3) is 0.286. The van der Waals surface area contributed by atoms with Crippen molar-refractivity contribution in [3.63, 3.8) is 0 Å². The van der Waals surface area contributed by atoms with E-state index in [2.05, 4.69) is 22.9 Å². The third-order valence-electron chi connectivity index (χ3n) is 2.96. The van der Waals surface area contributed by atoms with Gasteiger partial charge in [0.15, 0.2) is 0 Å². The van der Waals surface area contributed by atoms with Crippen molar-refractivity contribution in [3.05, 3.63) is 41.6 Å². The van der Waals surface area contributed by atoms with Crippen LogP contribution in [0.4, 0.5) is 5.82 Å². The van der Waals surface area contributed by atoms with Crippen LogP contribution in [-0.2, 0) is 4.79 Å². The molecule has 0 aromatic carbocycles. The van der Waals surface area contributed by atoms with Crippen LogP contribution in [0.3, 0.4) is 0 Å². The molecule has 2 rings (SSSR count). The molecule has 1 aliphatic rings. The van der Waals surface area contributed by atoms with E-state index in [1.54, 1.807) is 12.3 Å². The summed E-state index contributed by atoms with van der Waals surface area (Å²) in [6.07, 6.45) is 7.68. The Hall–Kier alpha value is -2.10. The lowest BCUT2D eigenvalue weighted by Gasteiger charge is -2.27. The minimum atomic E-state index is -0.945. The van der Waals surface area contributed by atoms with Crippen LogP contribution >= 0.6 is 0 Å². The molecular weight excluding hydrogens is 228 g/mol. The van der Waals surface area contributed by atoms with Crippen molar-refractivity contribution < 1.29 is 9.90 Å². The highest BCUT2D eigenvalue weighted by atomic mass is 16.4. The van der Waals surface area contributed by atoms with Gasteiger partial charge in [-0.3, -0.25) is 0 Å². The topological polar surface area (TPSA) is 53.4 Å². The molecule has 94 valence electrons. The lowest BCUT2D eigenvalue weighted by atomic mass is 10.1. The van der Waals surface area contributed by atoms with Gasteiger partial charge in [-0.15, -0.1) is 0 Å². The Morgan fingerprint density at radius 3 is 3.06 bits per heavy atom. The Bertz CT molecular complexity index is 506. The predicted molar refractivity (Wildman–Crippen MR) is 71.5 cm³/mol. The first kappa shape index (κ1) is 12.4. The molecule has 1 aliphatic heterocycles. The zero-order chi connectivity index (χ0) is 13.0. The number of aromatic nitrogens is 1. The smallest absolute Gasteiger partial charge is 0.328 e. The maximum atomic E-state index is 10.6. The summed E-state index contributed by atoms with van der Waals surface area (Å²) in [5.74, 6) is -0.0991. The lowest BCUT2D eigenvalue weighted by Crippen LogP contribution is -2.29. The second-order valence-electron chi connectivity index (χ2n) is 4.33. The van der Waals surface area contributed by atoms with Crippen molar-refractivity contribution in [1.29, 1.82) is 0 Å². The maximum Gasteiger partial charge on any atom is 0.328 e. The van der Waals surface area contributed by atoms with Crippen LogP contribution in [0.1, 0.15) is 18.9 Å². The molecule has 0 spiro atoms. The monoisotopic (exact) mass is 244 g/mol. The van der Waals surface area contributed by atoms with Gasteiger partial charge in [-0.25, -0.2) is 9.78 Å². The van der Waals surface area contributed by atoms with Gasteiger partial charge in [0.25, 0.3) is 0 Å². The molecule has 0 bridgehead atoms. The molecule has 1 aromatic heterocycles. The first-order valence-corrected chi connectivity index (χ1v) is 5.93.